The zero-order valence-corrected chi connectivity index (χ0v) is 14.6. The molecule has 0 amide bonds. The van der Waals surface area contributed by atoms with Crippen LogP contribution in [0.25, 0.3) is 22.5 Å². The van der Waals surface area contributed by atoms with Crippen LogP contribution in [-0.4, -0.2) is 38.4 Å². The number of ether oxygens (including phenoxy) is 4. The van der Waals surface area contributed by atoms with E-state index in [1.165, 1.54) is 0 Å². The Kier molecular flexibility index (Phi) is 4.79. The second-order valence-electron chi connectivity index (χ2n) is 5.27. The molecule has 0 spiro atoms. The zero-order chi connectivity index (χ0) is 17.8. The molecule has 1 heterocycles. The molecule has 0 aliphatic rings. The molecule has 0 aliphatic heterocycles. The maximum absolute atomic E-state index is 5.39. The number of nitrogens with zero attached hydrogens (tertiary/aromatic N) is 1. The van der Waals surface area contributed by atoms with E-state index >= 15 is 0 Å². The van der Waals surface area contributed by atoms with Crippen molar-refractivity contribution in [1.82, 2.24) is 9.97 Å². The van der Waals surface area contributed by atoms with Gasteiger partial charge in [0.2, 0.25) is 0 Å². The number of aromatic amines is 1. The molecule has 0 fully saturated rings. The van der Waals surface area contributed by atoms with E-state index in [0.717, 1.165) is 22.5 Å². The van der Waals surface area contributed by atoms with Crippen LogP contribution in [0.4, 0.5) is 0 Å². The van der Waals surface area contributed by atoms with Gasteiger partial charge in [-0.3, -0.25) is 0 Å². The molecule has 6 heteroatoms. The summed E-state index contributed by atoms with van der Waals surface area (Å²) >= 11 is 0. The molecule has 1 N–H and O–H groups in total. The Morgan fingerprint density at radius 1 is 0.680 bits per heavy atom. The van der Waals surface area contributed by atoms with E-state index in [9.17, 15) is 0 Å². The highest BCUT2D eigenvalue weighted by atomic mass is 16.5. The minimum atomic E-state index is 0.654. The summed E-state index contributed by atoms with van der Waals surface area (Å²) in [7, 11) is 6.45. The highest BCUT2D eigenvalue weighted by Gasteiger charge is 2.15. The summed E-state index contributed by atoms with van der Waals surface area (Å²) < 4.78 is 21.4. The second kappa shape index (κ2) is 7.17. The van der Waals surface area contributed by atoms with Crippen molar-refractivity contribution in [2.24, 2.45) is 0 Å². The lowest BCUT2D eigenvalue weighted by Gasteiger charge is -2.11. The van der Waals surface area contributed by atoms with E-state index in [1.807, 2.05) is 36.4 Å². The smallest absolute Gasteiger partial charge is 0.161 e. The van der Waals surface area contributed by atoms with E-state index in [-0.39, 0.29) is 0 Å². The fraction of sp³-hybridized carbons (Fsp3) is 0.211. The minimum Gasteiger partial charge on any atom is -0.493 e. The molecule has 25 heavy (non-hydrogen) atoms. The summed E-state index contributed by atoms with van der Waals surface area (Å²) in [6.07, 6.45) is 1.66. The molecule has 3 aromatic rings. The fourth-order valence-electron chi connectivity index (χ4n) is 2.71. The largest absolute Gasteiger partial charge is 0.493 e. The molecule has 0 saturated carbocycles. The Bertz CT molecular complexity index is 804. The molecule has 0 saturated heterocycles. The predicted molar refractivity (Wildman–Crippen MR) is 95.7 cm³/mol. The summed E-state index contributed by atoms with van der Waals surface area (Å²) in [4.78, 5) is 7.66. The van der Waals surface area contributed by atoms with Crippen LogP contribution in [0.5, 0.6) is 23.0 Å². The number of H-pyrrole nitrogens is 1. The van der Waals surface area contributed by atoms with Gasteiger partial charge in [0.15, 0.2) is 23.0 Å². The van der Waals surface area contributed by atoms with Crippen molar-refractivity contribution in [3.63, 3.8) is 0 Å². The van der Waals surface area contributed by atoms with Gasteiger partial charge in [-0.1, -0.05) is 0 Å². The first-order valence-corrected chi connectivity index (χ1v) is 7.70. The molecule has 6 nitrogen and oxygen atoms in total. The molecule has 2 aromatic carbocycles. The average molecular weight is 340 g/mol. The van der Waals surface area contributed by atoms with Crippen molar-refractivity contribution in [3.05, 3.63) is 42.7 Å². The number of imidazole rings is 1. The first kappa shape index (κ1) is 16.7. The average Bonchev–Trinajstić information content (AvgIpc) is 3.16. The summed E-state index contributed by atoms with van der Waals surface area (Å²) in [6, 6.07) is 11.4. The molecule has 3 rings (SSSR count). The van der Waals surface area contributed by atoms with Crippen LogP contribution in [0.1, 0.15) is 0 Å². The molecule has 0 aliphatic carbocycles. The quantitative estimate of drug-likeness (QED) is 0.740. The lowest BCUT2D eigenvalue weighted by Crippen LogP contribution is -1.93. The van der Waals surface area contributed by atoms with Gasteiger partial charge in [0, 0.05) is 11.1 Å². The Hall–Kier alpha value is -3.15. The Labute approximate surface area is 146 Å². The van der Waals surface area contributed by atoms with Crippen molar-refractivity contribution in [2.75, 3.05) is 28.4 Å². The van der Waals surface area contributed by atoms with Crippen molar-refractivity contribution in [1.29, 1.82) is 0 Å². The molecule has 1 aromatic heterocycles. The fourth-order valence-corrected chi connectivity index (χ4v) is 2.71. The maximum atomic E-state index is 5.39. The van der Waals surface area contributed by atoms with E-state index in [2.05, 4.69) is 9.97 Å². The van der Waals surface area contributed by atoms with Gasteiger partial charge in [0.1, 0.15) is 0 Å². The number of methoxy groups -OCH3 is 4. The maximum Gasteiger partial charge on any atom is 0.161 e. The Balaban J connectivity index is 2.07. The van der Waals surface area contributed by atoms with Gasteiger partial charge in [0.25, 0.3) is 0 Å². The Morgan fingerprint density at radius 3 is 1.76 bits per heavy atom. The number of rotatable bonds is 6. The van der Waals surface area contributed by atoms with Crippen LogP contribution in [0.15, 0.2) is 42.7 Å². The number of hydrogen-bond acceptors (Lipinski definition) is 5. The van der Waals surface area contributed by atoms with Crippen molar-refractivity contribution < 1.29 is 18.9 Å². The van der Waals surface area contributed by atoms with Crippen LogP contribution < -0.4 is 18.9 Å². The molecule has 130 valence electrons. The van der Waals surface area contributed by atoms with Crippen LogP contribution in [0, 0.1) is 0 Å². The summed E-state index contributed by atoms with van der Waals surface area (Å²) in [5.74, 6) is 2.67. The standard InChI is InChI=1S/C19H20N2O4/c1-22-14-7-5-12(9-16(14)24-3)18-19(21-11-20-18)13-6-8-15(23-2)17(10-13)25-4/h5-11H,1-4H3,(H,20,21). The van der Waals surface area contributed by atoms with Gasteiger partial charge in [0.05, 0.1) is 46.2 Å². The third-order valence-electron chi connectivity index (χ3n) is 3.97. The van der Waals surface area contributed by atoms with Crippen molar-refractivity contribution in [2.45, 2.75) is 0 Å². The molecule has 0 bridgehead atoms. The van der Waals surface area contributed by atoms with Gasteiger partial charge in [-0.15, -0.1) is 0 Å². The van der Waals surface area contributed by atoms with Crippen molar-refractivity contribution >= 4 is 0 Å². The highest BCUT2D eigenvalue weighted by molar-refractivity contribution is 5.80. The summed E-state index contributed by atoms with van der Waals surface area (Å²) in [6.45, 7) is 0. The SMILES string of the molecule is COc1ccc(-c2nc[nH]c2-c2ccc(OC)c(OC)c2)cc1OC. The zero-order valence-electron chi connectivity index (χ0n) is 14.6. The van der Waals surface area contributed by atoms with Gasteiger partial charge in [-0.05, 0) is 36.4 Å². The molecule has 0 atom stereocenters. The number of aromatic nitrogens is 2. The predicted octanol–water partition coefficient (Wildman–Crippen LogP) is 3.78. The monoisotopic (exact) mass is 340 g/mol. The lowest BCUT2D eigenvalue weighted by atomic mass is 10.0. The number of hydrogen-bond donors (Lipinski definition) is 1. The number of benzene rings is 2. The van der Waals surface area contributed by atoms with E-state index < -0.39 is 0 Å². The second-order valence-corrected chi connectivity index (χ2v) is 5.27. The minimum absolute atomic E-state index is 0.654. The van der Waals surface area contributed by atoms with E-state index in [0.29, 0.717) is 23.0 Å². The molecule has 0 unspecified atom stereocenters. The van der Waals surface area contributed by atoms with Gasteiger partial charge < -0.3 is 23.9 Å². The van der Waals surface area contributed by atoms with Gasteiger partial charge >= 0.3 is 0 Å². The molecular formula is C19H20N2O4. The van der Waals surface area contributed by atoms with Crippen LogP contribution >= 0.6 is 0 Å². The van der Waals surface area contributed by atoms with Crippen LogP contribution in [0.2, 0.25) is 0 Å². The molecular weight excluding hydrogens is 320 g/mol. The van der Waals surface area contributed by atoms with Crippen LogP contribution in [-0.2, 0) is 0 Å². The van der Waals surface area contributed by atoms with Crippen LogP contribution in [0.3, 0.4) is 0 Å². The highest BCUT2D eigenvalue weighted by Crippen LogP contribution is 2.37. The third kappa shape index (κ3) is 3.10. The first-order chi connectivity index (χ1) is 12.2. The van der Waals surface area contributed by atoms with Crippen molar-refractivity contribution in [3.8, 4) is 45.5 Å². The topological polar surface area (TPSA) is 65.6 Å². The first-order valence-electron chi connectivity index (χ1n) is 7.70. The van der Waals surface area contributed by atoms with Gasteiger partial charge in [-0.2, -0.15) is 0 Å². The molecule has 0 radical (unpaired) electrons. The summed E-state index contributed by atoms with van der Waals surface area (Å²) in [5, 5.41) is 0. The lowest BCUT2D eigenvalue weighted by molar-refractivity contribution is 0.355. The van der Waals surface area contributed by atoms with Gasteiger partial charge in [-0.25, -0.2) is 4.98 Å². The van der Waals surface area contributed by atoms with E-state index in [4.69, 9.17) is 18.9 Å². The van der Waals surface area contributed by atoms with E-state index in [1.54, 1.807) is 34.8 Å². The normalized spacial score (nSPS) is 10.4. The number of nitrogens with one attached hydrogen (secondary N) is 1. The summed E-state index contributed by atoms with van der Waals surface area (Å²) in [5.41, 5.74) is 3.56. The third-order valence-corrected chi connectivity index (χ3v) is 3.97. The Morgan fingerprint density at radius 2 is 1.20 bits per heavy atom.